The minimum atomic E-state index is -0.149. The molecule has 0 unspecified atom stereocenters. The fourth-order valence-corrected chi connectivity index (χ4v) is 1.57. The third-order valence-electron chi connectivity index (χ3n) is 2.42. The highest BCUT2D eigenvalue weighted by atomic mass is 16.1. The van der Waals surface area contributed by atoms with E-state index in [1.807, 2.05) is 24.3 Å². The summed E-state index contributed by atoms with van der Waals surface area (Å²) in [7, 11) is 0. The Morgan fingerprint density at radius 1 is 1.53 bits per heavy atom. The van der Waals surface area contributed by atoms with E-state index < -0.39 is 0 Å². The van der Waals surface area contributed by atoms with E-state index in [4.69, 9.17) is 5.26 Å². The second kappa shape index (κ2) is 5.12. The van der Waals surface area contributed by atoms with Gasteiger partial charge in [0.25, 0.3) is 5.91 Å². The second-order valence-electron chi connectivity index (χ2n) is 3.61. The van der Waals surface area contributed by atoms with Gasteiger partial charge in [0, 0.05) is 19.2 Å². The lowest BCUT2D eigenvalue weighted by Gasteiger charge is -2.01. The van der Waals surface area contributed by atoms with Crippen molar-refractivity contribution < 1.29 is 4.79 Å². The van der Waals surface area contributed by atoms with Gasteiger partial charge in [0.2, 0.25) is 0 Å². The van der Waals surface area contributed by atoms with Gasteiger partial charge in [-0.2, -0.15) is 10.4 Å². The molecule has 5 heteroatoms. The van der Waals surface area contributed by atoms with Crippen molar-refractivity contribution in [1.82, 2.24) is 14.9 Å². The van der Waals surface area contributed by atoms with Crippen LogP contribution in [-0.2, 0) is 0 Å². The molecule has 0 aliphatic carbocycles. The average Bonchev–Trinajstić information content (AvgIpc) is 2.78. The lowest BCUT2D eigenvalue weighted by Crippen LogP contribution is -2.24. The molecule has 0 radical (unpaired) electrons. The largest absolute Gasteiger partial charge is 0.352 e. The maximum Gasteiger partial charge on any atom is 0.255 e. The summed E-state index contributed by atoms with van der Waals surface area (Å²) in [5.41, 5.74) is 1.34. The predicted octanol–water partition coefficient (Wildman–Crippen LogP) is 1.37. The molecule has 0 atom stereocenters. The molecule has 2 aromatic rings. The molecule has 2 heterocycles. The Labute approximate surface area is 98.7 Å². The van der Waals surface area contributed by atoms with Crippen molar-refractivity contribution in [3.05, 3.63) is 36.2 Å². The third kappa shape index (κ3) is 2.42. The lowest BCUT2D eigenvalue weighted by molar-refractivity contribution is 0.0955. The van der Waals surface area contributed by atoms with Crippen LogP contribution in [0.4, 0.5) is 0 Å². The standard InChI is InChI=1S/C12H12N4O/c13-6-2-3-7-14-12(17)10-9-15-16-8-4-1-5-11(10)16/h1,4-5,8-9H,2-3,7H2,(H,14,17). The van der Waals surface area contributed by atoms with Crippen molar-refractivity contribution in [2.45, 2.75) is 12.8 Å². The molecule has 1 amide bonds. The molecule has 0 aliphatic heterocycles. The highest BCUT2D eigenvalue weighted by Gasteiger charge is 2.10. The molecular formula is C12H12N4O. The molecular weight excluding hydrogens is 216 g/mol. The molecule has 0 spiro atoms. The number of fused-ring (bicyclic) bond motifs is 1. The minimum absolute atomic E-state index is 0.149. The number of aromatic nitrogens is 2. The zero-order valence-electron chi connectivity index (χ0n) is 9.26. The summed E-state index contributed by atoms with van der Waals surface area (Å²) in [5.74, 6) is -0.149. The summed E-state index contributed by atoms with van der Waals surface area (Å²) in [4.78, 5) is 11.8. The van der Waals surface area contributed by atoms with Crippen LogP contribution in [0.5, 0.6) is 0 Å². The fraction of sp³-hybridized carbons (Fsp3) is 0.250. The normalized spacial score (nSPS) is 10.1. The summed E-state index contributed by atoms with van der Waals surface area (Å²) in [5, 5.41) is 15.2. The van der Waals surface area contributed by atoms with Crippen LogP contribution in [-0.4, -0.2) is 22.1 Å². The minimum Gasteiger partial charge on any atom is -0.352 e. The maximum atomic E-state index is 11.8. The van der Waals surface area contributed by atoms with Gasteiger partial charge >= 0.3 is 0 Å². The van der Waals surface area contributed by atoms with Crippen LogP contribution in [0.3, 0.4) is 0 Å². The summed E-state index contributed by atoms with van der Waals surface area (Å²) in [6.45, 7) is 0.510. The van der Waals surface area contributed by atoms with E-state index in [0.29, 0.717) is 24.9 Å². The van der Waals surface area contributed by atoms with Crippen LogP contribution in [0.15, 0.2) is 30.6 Å². The Morgan fingerprint density at radius 2 is 2.41 bits per heavy atom. The number of unbranched alkanes of at least 4 members (excludes halogenated alkanes) is 1. The first-order chi connectivity index (χ1) is 8.33. The van der Waals surface area contributed by atoms with E-state index in [1.54, 1.807) is 16.9 Å². The van der Waals surface area contributed by atoms with Gasteiger partial charge < -0.3 is 5.32 Å². The zero-order chi connectivity index (χ0) is 12.1. The number of amides is 1. The van der Waals surface area contributed by atoms with Gasteiger partial charge in [-0.05, 0) is 18.6 Å². The topological polar surface area (TPSA) is 70.2 Å². The Hall–Kier alpha value is -2.35. The molecule has 17 heavy (non-hydrogen) atoms. The molecule has 0 saturated heterocycles. The summed E-state index contributed by atoms with van der Waals surface area (Å²) >= 11 is 0. The molecule has 0 fully saturated rings. The van der Waals surface area contributed by atoms with Crippen LogP contribution in [0.25, 0.3) is 5.52 Å². The molecule has 0 aromatic carbocycles. The molecule has 86 valence electrons. The van der Waals surface area contributed by atoms with Gasteiger partial charge in [0.1, 0.15) is 0 Å². The number of hydrogen-bond donors (Lipinski definition) is 1. The SMILES string of the molecule is N#CCCCNC(=O)c1cnn2ccccc12. The monoisotopic (exact) mass is 228 g/mol. The second-order valence-corrected chi connectivity index (χ2v) is 3.61. The van der Waals surface area contributed by atoms with Gasteiger partial charge in [-0.1, -0.05) is 6.07 Å². The van der Waals surface area contributed by atoms with Crippen molar-refractivity contribution in [2.75, 3.05) is 6.54 Å². The number of carbonyl (C=O) groups excluding carboxylic acids is 1. The van der Waals surface area contributed by atoms with Crippen LogP contribution in [0, 0.1) is 11.3 Å². The van der Waals surface area contributed by atoms with Crippen molar-refractivity contribution in [2.24, 2.45) is 0 Å². The van der Waals surface area contributed by atoms with Crippen LogP contribution < -0.4 is 5.32 Å². The molecule has 2 rings (SSSR count). The van der Waals surface area contributed by atoms with Crippen molar-refractivity contribution in [1.29, 1.82) is 5.26 Å². The number of nitrogens with one attached hydrogen (secondary N) is 1. The van der Waals surface area contributed by atoms with E-state index >= 15 is 0 Å². The first-order valence-corrected chi connectivity index (χ1v) is 5.40. The van der Waals surface area contributed by atoms with Gasteiger partial charge in [-0.3, -0.25) is 4.79 Å². The Kier molecular flexibility index (Phi) is 3.36. The molecule has 0 saturated carbocycles. The Morgan fingerprint density at radius 3 is 3.24 bits per heavy atom. The van der Waals surface area contributed by atoms with Gasteiger partial charge in [-0.25, -0.2) is 4.52 Å². The first-order valence-electron chi connectivity index (χ1n) is 5.40. The summed E-state index contributed by atoms with van der Waals surface area (Å²) in [6.07, 6.45) is 4.47. The third-order valence-corrected chi connectivity index (χ3v) is 2.42. The lowest BCUT2D eigenvalue weighted by atomic mass is 10.2. The predicted molar refractivity (Wildman–Crippen MR) is 62.4 cm³/mol. The van der Waals surface area contributed by atoms with Crippen LogP contribution in [0.2, 0.25) is 0 Å². The van der Waals surface area contributed by atoms with Crippen molar-refractivity contribution >= 4 is 11.4 Å². The smallest absolute Gasteiger partial charge is 0.255 e. The Balaban J connectivity index is 2.07. The summed E-state index contributed by atoms with van der Waals surface area (Å²) in [6, 6.07) is 7.60. The number of rotatable bonds is 4. The zero-order valence-corrected chi connectivity index (χ0v) is 9.26. The average molecular weight is 228 g/mol. The molecule has 1 N–H and O–H groups in total. The summed E-state index contributed by atoms with van der Waals surface area (Å²) < 4.78 is 1.66. The number of hydrogen-bond acceptors (Lipinski definition) is 3. The van der Waals surface area contributed by atoms with Crippen LogP contribution in [0.1, 0.15) is 23.2 Å². The molecule has 0 bridgehead atoms. The highest BCUT2D eigenvalue weighted by Crippen LogP contribution is 2.09. The number of nitriles is 1. The first kappa shape index (κ1) is 11.1. The Bertz CT molecular complexity index is 567. The van der Waals surface area contributed by atoms with E-state index in [-0.39, 0.29) is 5.91 Å². The van der Waals surface area contributed by atoms with Gasteiger partial charge in [-0.15, -0.1) is 0 Å². The number of pyridine rings is 1. The maximum absolute atomic E-state index is 11.8. The van der Waals surface area contributed by atoms with E-state index in [0.717, 1.165) is 5.52 Å². The molecule has 5 nitrogen and oxygen atoms in total. The molecule has 2 aromatic heterocycles. The fourth-order valence-electron chi connectivity index (χ4n) is 1.57. The highest BCUT2D eigenvalue weighted by molar-refractivity contribution is 6.00. The van der Waals surface area contributed by atoms with E-state index in [2.05, 4.69) is 10.4 Å². The van der Waals surface area contributed by atoms with E-state index in [9.17, 15) is 4.79 Å². The van der Waals surface area contributed by atoms with Crippen molar-refractivity contribution in [3.8, 4) is 6.07 Å². The van der Waals surface area contributed by atoms with Crippen molar-refractivity contribution in [3.63, 3.8) is 0 Å². The number of carbonyl (C=O) groups is 1. The van der Waals surface area contributed by atoms with Crippen LogP contribution >= 0.6 is 0 Å². The molecule has 0 aliphatic rings. The van der Waals surface area contributed by atoms with E-state index in [1.165, 1.54) is 0 Å². The quantitative estimate of drug-likeness (QED) is 0.803. The van der Waals surface area contributed by atoms with Gasteiger partial charge in [0.15, 0.2) is 0 Å². The number of nitrogens with zero attached hydrogens (tertiary/aromatic N) is 3. The van der Waals surface area contributed by atoms with Gasteiger partial charge in [0.05, 0.1) is 23.3 Å².